The molecule has 0 bridgehead atoms. The number of hydrogen-bond donors (Lipinski definition) is 0. The standard InChI is InChI=1S/C26H34FN2O3S/c1-26(2,3)19-7-9-20(10-8-19)33(30,31)29-16-22-21(23(22)17-29)15-18-5-4-6-24(25(18)27)28-11-13-32-14-12-28/h5-10,21-23H,4,11-17H2,1-3H3. The first-order valence-corrected chi connectivity index (χ1v) is 13.5. The van der Waals surface area contributed by atoms with Crippen LogP contribution in [-0.4, -0.2) is 57.0 Å². The number of rotatable bonds is 5. The van der Waals surface area contributed by atoms with Gasteiger partial charge in [0.25, 0.3) is 0 Å². The minimum Gasteiger partial charge on any atom is -0.378 e. The molecule has 1 aromatic carbocycles. The normalized spacial score (nSPS) is 28.7. The van der Waals surface area contributed by atoms with Crippen molar-refractivity contribution in [1.29, 1.82) is 0 Å². The van der Waals surface area contributed by atoms with Crippen molar-refractivity contribution in [2.24, 2.45) is 17.8 Å². The van der Waals surface area contributed by atoms with E-state index >= 15 is 4.39 Å². The van der Waals surface area contributed by atoms with E-state index in [1.807, 2.05) is 24.6 Å². The zero-order valence-electron chi connectivity index (χ0n) is 19.8. The molecular formula is C26H34FN2O3S. The number of halogens is 1. The third-order valence-corrected chi connectivity index (χ3v) is 9.53. The van der Waals surface area contributed by atoms with Crippen LogP contribution in [-0.2, 0) is 20.2 Å². The second kappa shape index (κ2) is 8.51. The predicted molar refractivity (Wildman–Crippen MR) is 127 cm³/mol. The van der Waals surface area contributed by atoms with E-state index in [0.717, 1.165) is 30.6 Å². The molecule has 2 heterocycles. The Hall–Kier alpha value is -1.70. The summed E-state index contributed by atoms with van der Waals surface area (Å²) in [7, 11) is -3.48. The smallest absolute Gasteiger partial charge is 0.243 e. The van der Waals surface area contributed by atoms with E-state index in [2.05, 4.69) is 25.7 Å². The Morgan fingerprint density at radius 2 is 1.70 bits per heavy atom. The average molecular weight is 474 g/mol. The van der Waals surface area contributed by atoms with Crippen LogP contribution in [0.1, 0.15) is 39.2 Å². The Morgan fingerprint density at radius 1 is 1.06 bits per heavy atom. The first kappa shape index (κ1) is 23.1. The van der Waals surface area contributed by atoms with Gasteiger partial charge in [0.2, 0.25) is 10.0 Å². The summed E-state index contributed by atoms with van der Waals surface area (Å²) in [4.78, 5) is 2.45. The van der Waals surface area contributed by atoms with Crippen molar-refractivity contribution in [2.45, 2.75) is 43.9 Å². The van der Waals surface area contributed by atoms with Crippen molar-refractivity contribution in [3.8, 4) is 0 Å². The fraction of sp³-hybridized carbons (Fsp3) is 0.577. The molecule has 7 heteroatoms. The van der Waals surface area contributed by atoms with E-state index < -0.39 is 10.0 Å². The van der Waals surface area contributed by atoms with Crippen LogP contribution in [0.2, 0.25) is 0 Å². The molecule has 0 aromatic heterocycles. The van der Waals surface area contributed by atoms with Gasteiger partial charge in [-0.2, -0.15) is 4.31 Å². The average Bonchev–Trinajstić information content (AvgIpc) is 3.22. The number of allylic oxidation sites excluding steroid dienone is 3. The highest BCUT2D eigenvalue weighted by atomic mass is 32.2. The van der Waals surface area contributed by atoms with Crippen molar-refractivity contribution in [1.82, 2.24) is 9.21 Å². The van der Waals surface area contributed by atoms with Crippen LogP contribution in [0.25, 0.3) is 0 Å². The minimum absolute atomic E-state index is 0.0122. The Balaban J connectivity index is 1.21. The Morgan fingerprint density at radius 3 is 2.30 bits per heavy atom. The predicted octanol–water partition coefficient (Wildman–Crippen LogP) is 4.29. The molecule has 2 aliphatic carbocycles. The lowest BCUT2D eigenvalue weighted by Crippen LogP contribution is -2.36. The maximum atomic E-state index is 15.3. The lowest BCUT2D eigenvalue weighted by Gasteiger charge is -2.32. The van der Waals surface area contributed by atoms with Gasteiger partial charge in [0, 0.05) is 26.2 Å². The number of nitrogens with zero attached hydrogens (tertiary/aromatic N) is 2. The van der Waals surface area contributed by atoms with Gasteiger partial charge >= 0.3 is 0 Å². The van der Waals surface area contributed by atoms with Crippen LogP contribution >= 0.6 is 0 Å². The van der Waals surface area contributed by atoms with Gasteiger partial charge in [0.15, 0.2) is 0 Å². The van der Waals surface area contributed by atoms with Crippen molar-refractivity contribution < 1.29 is 17.5 Å². The lowest BCUT2D eigenvalue weighted by molar-refractivity contribution is 0.0531. The van der Waals surface area contributed by atoms with Gasteiger partial charge in [-0.15, -0.1) is 0 Å². The summed E-state index contributed by atoms with van der Waals surface area (Å²) < 4.78 is 48.6. The fourth-order valence-electron chi connectivity index (χ4n) is 5.54. The third-order valence-electron chi connectivity index (χ3n) is 7.69. The molecule has 1 saturated carbocycles. The number of hydrogen-bond acceptors (Lipinski definition) is 4. The molecule has 0 N–H and O–H groups in total. The lowest BCUT2D eigenvalue weighted by atomic mass is 9.87. The van der Waals surface area contributed by atoms with Gasteiger partial charge in [-0.05, 0) is 65.7 Å². The Kier molecular flexibility index (Phi) is 5.94. The quantitative estimate of drug-likeness (QED) is 0.640. The number of fused-ring (bicyclic) bond motifs is 1. The first-order chi connectivity index (χ1) is 15.7. The molecule has 4 aliphatic rings. The number of morpholine rings is 1. The minimum atomic E-state index is -3.48. The summed E-state index contributed by atoms with van der Waals surface area (Å²) in [5, 5.41) is 0. The summed E-state index contributed by atoms with van der Waals surface area (Å²) in [5.74, 6) is 0.942. The molecule has 3 fully saturated rings. The van der Waals surface area contributed by atoms with E-state index in [9.17, 15) is 8.42 Å². The molecule has 33 heavy (non-hydrogen) atoms. The Labute approximate surface area is 197 Å². The summed E-state index contributed by atoms with van der Waals surface area (Å²) in [6, 6.07) is 7.29. The molecular weight excluding hydrogens is 439 g/mol. The van der Waals surface area contributed by atoms with Crippen molar-refractivity contribution >= 4 is 10.0 Å². The molecule has 5 nitrogen and oxygen atoms in total. The van der Waals surface area contributed by atoms with Gasteiger partial charge in [-0.25, -0.2) is 12.8 Å². The van der Waals surface area contributed by atoms with Crippen LogP contribution in [0.5, 0.6) is 0 Å². The molecule has 0 amide bonds. The first-order valence-electron chi connectivity index (χ1n) is 12.0. The van der Waals surface area contributed by atoms with Gasteiger partial charge in [0.05, 0.1) is 23.8 Å². The van der Waals surface area contributed by atoms with E-state index in [1.165, 1.54) is 0 Å². The van der Waals surface area contributed by atoms with E-state index in [1.54, 1.807) is 16.4 Å². The van der Waals surface area contributed by atoms with E-state index in [0.29, 0.717) is 61.1 Å². The Bertz CT molecular complexity index is 1050. The molecule has 2 saturated heterocycles. The van der Waals surface area contributed by atoms with Crippen LogP contribution in [0, 0.1) is 24.2 Å². The highest BCUT2D eigenvalue weighted by molar-refractivity contribution is 7.89. The second-order valence-electron chi connectivity index (χ2n) is 10.8. The second-order valence-corrected chi connectivity index (χ2v) is 12.7. The molecule has 2 aliphatic heterocycles. The molecule has 0 spiro atoms. The van der Waals surface area contributed by atoms with Crippen LogP contribution in [0.4, 0.5) is 4.39 Å². The van der Waals surface area contributed by atoms with Crippen molar-refractivity contribution in [2.75, 3.05) is 39.4 Å². The molecule has 5 rings (SSSR count). The van der Waals surface area contributed by atoms with Gasteiger partial charge in [0.1, 0.15) is 5.83 Å². The van der Waals surface area contributed by atoms with Gasteiger partial charge < -0.3 is 9.64 Å². The molecule has 179 valence electrons. The number of benzene rings is 1. The van der Waals surface area contributed by atoms with E-state index in [4.69, 9.17) is 4.74 Å². The highest BCUT2D eigenvalue weighted by Crippen LogP contribution is 2.56. The highest BCUT2D eigenvalue weighted by Gasteiger charge is 2.57. The maximum absolute atomic E-state index is 15.3. The zero-order valence-corrected chi connectivity index (χ0v) is 20.6. The fourth-order valence-corrected chi connectivity index (χ4v) is 7.06. The molecule has 1 aromatic rings. The summed E-state index contributed by atoms with van der Waals surface area (Å²) >= 11 is 0. The maximum Gasteiger partial charge on any atom is 0.243 e. The number of sulfonamides is 1. The molecule has 1 radical (unpaired) electrons. The molecule has 2 atom stereocenters. The van der Waals surface area contributed by atoms with Gasteiger partial charge in [-0.1, -0.05) is 39.0 Å². The number of piperidine rings is 1. The monoisotopic (exact) mass is 473 g/mol. The largest absolute Gasteiger partial charge is 0.378 e. The van der Waals surface area contributed by atoms with Crippen molar-refractivity contribution in [3.63, 3.8) is 0 Å². The summed E-state index contributed by atoms with van der Waals surface area (Å²) in [6.07, 6.45) is 5.43. The van der Waals surface area contributed by atoms with Crippen LogP contribution in [0.3, 0.4) is 0 Å². The SMILES string of the molecule is CC(C)(C)c1ccc(S(=O)(=O)N2CC3C(CC4=C(F)C(N5CCOCC5)=CC[CH]4)C3C2)cc1. The van der Waals surface area contributed by atoms with E-state index in [-0.39, 0.29) is 11.2 Å². The number of ether oxygens (including phenoxy) is 1. The van der Waals surface area contributed by atoms with Crippen molar-refractivity contribution in [3.05, 3.63) is 59.4 Å². The third kappa shape index (κ3) is 4.40. The zero-order chi connectivity index (χ0) is 23.4. The van der Waals surface area contributed by atoms with Gasteiger partial charge in [-0.3, -0.25) is 0 Å². The van der Waals surface area contributed by atoms with Crippen LogP contribution < -0.4 is 0 Å². The topological polar surface area (TPSA) is 49.9 Å². The summed E-state index contributed by atoms with van der Waals surface area (Å²) in [5.41, 5.74) is 2.62. The van der Waals surface area contributed by atoms with Crippen LogP contribution in [0.15, 0.2) is 52.3 Å². The molecule has 2 unspecified atom stereocenters. The summed E-state index contributed by atoms with van der Waals surface area (Å²) in [6.45, 7) is 10.2.